The van der Waals surface area contributed by atoms with Crippen LogP contribution in [-0.2, 0) is 6.42 Å². The van der Waals surface area contributed by atoms with Gasteiger partial charge in [0.1, 0.15) is 0 Å². The van der Waals surface area contributed by atoms with E-state index in [1.54, 1.807) is 11.1 Å². The van der Waals surface area contributed by atoms with E-state index in [-0.39, 0.29) is 12.4 Å². The minimum absolute atomic E-state index is 0. The van der Waals surface area contributed by atoms with Gasteiger partial charge in [-0.15, -0.1) is 12.4 Å². The third-order valence-corrected chi connectivity index (χ3v) is 3.33. The lowest BCUT2D eigenvalue weighted by molar-refractivity contribution is 0.712. The van der Waals surface area contributed by atoms with Crippen molar-refractivity contribution in [3.8, 4) is 0 Å². The van der Waals surface area contributed by atoms with Crippen molar-refractivity contribution < 1.29 is 0 Å². The average molecular weight is 222 g/mol. The summed E-state index contributed by atoms with van der Waals surface area (Å²) in [5.74, 6) is 0. The summed E-state index contributed by atoms with van der Waals surface area (Å²) in [5, 5.41) is 3.46. The predicted molar refractivity (Wildman–Crippen MR) is 66.5 cm³/mol. The van der Waals surface area contributed by atoms with Gasteiger partial charge in [-0.3, -0.25) is 0 Å². The molecule has 0 amide bonds. The second-order valence-corrected chi connectivity index (χ2v) is 4.35. The third kappa shape index (κ3) is 1.70. The summed E-state index contributed by atoms with van der Waals surface area (Å²) in [6, 6.07) is 6.86. The fourth-order valence-electron chi connectivity index (χ4n) is 2.56. The number of benzene rings is 1. The van der Waals surface area contributed by atoms with Gasteiger partial charge < -0.3 is 5.32 Å². The largest absolute Gasteiger partial charge is 0.312 e. The maximum atomic E-state index is 3.46. The van der Waals surface area contributed by atoms with Crippen molar-refractivity contribution in [2.45, 2.75) is 19.8 Å². The molecule has 1 aromatic rings. The van der Waals surface area contributed by atoms with Crippen LogP contribution in [0.25, 0.3) is 5.57 Å². The molecular weight excluding hydrogens is 206 g/mol. The fraction of sp³-hybridized carbons (Fsp3) is 0.385. The van der Waals surface area contributed by atoms with Crippen LogP contribution in [0.5, 0.6) is 0 Å². The first kappa shape index (κ1) is 10.7. The van der Waals surface area contributed by atoms with E-state index in [0.717, 1.165) is 13.1 Å². The molecule has 0 unspecified atom stereocenters. The zero-order valence-electron chi connectivity index (χ0n) is 8.97. The lowest BCUT2D eigenvalue weighted by Gasteiger charge is -2.15. The van der Waals surface area contributed by atoms with Gasteiger partial charge in [-0.1, -0.05) is 29.3 Å². The molecule has 0 saturated heterocycles. The van der Waals surface area contributed by atoms with Gasteiger partial charge in [-0.2, -0.15) is 0 Å². The molecule has 1 aliphatic carbocycles. The van der Waals surface area contributed by atoms with Gasteiger partial charge in [0.05, 0.1) is 0 Å². The van der Waals surface area contributed by atoms with Gasteiger partial charge in [0.2, 0.25) is 0 Å². The summed E-state index contributed by atoms with van der Waals surface area (Å²) in [6.07, 6.45) is 2.44. The van der Waals surface area contributed by atoms with Crippen LogP contribution in [0.15, 0.2) is 23.8 Å². The van der Waals surface area contributed by atoms with Crippen LogP contribution in [0, 0.1) is 6.92 Å². The number of rotatable bonds is 0. The smallest absolute Gasteiger partial charge is 0.0211 e. The molecule has 2 aliphatic rings. The third-order valence-electron chi connectivity index (χ3n) is 3.33. The van der Waals surface area contributed by atoms with Crippen molar-refractivity contribution in [3.63, 3.8) is 0 Å². The lowest BCUT2D eigenvalue weighted by atomic mass is 10.0. The lowest BCUT2D eigenvalue weighted by Crippen LogP contribution is -2.22. The van der Waals surface area contributed by atoms with E-state index in [2.05, 4.69) is 30.4 Å². The molecule has 0 radical (unpaired) electrons. The summed E-state index contributed by atoms with van der Waals surface area (Å²) in [5.41, 5.74) is 7.67. The first-order chi connectivity index (χ1) is 6.84. The monoisotopic (exact) mass is 221 g/mol. The van der Waals surface area contributed by atoms with Crippen molar-refractivity contribution in [2.75, 3.05) is 13.1 Å². The van der Waals surface area contributed by atoms with Gasteiger partial charge in [-0.05, 0) is 43.0 Å². The van der Waals surface area contributed by atoms with E-state index >= 15 is 0 Å². The Labute approximate surface area is 97.0 Å². The minimum Gasteiger partial charge on any atom is -0.312 e. The van der Waals surface area contributed by atoms with E-state index < -0.39 is 0 Å². The van der Waals surface area contributed by atoms with E-state index in [9.17, 15) is 0 Å². The molecule has 3 rings (SSSR count). The first-order valence-corrected chi connectivity index (χ1v) is 5.36. The molecular formula is C13H16ClN. The maximum absolute atomic E-state index is 3.46. The summed E-state index contributed by atoms with van der Waals surface area (Å²) in [7, 11) is 0. The molecule has 0 bridgehead atoms. The van der Waals surface area contributed by atoms with Crippen LogP contribution in [0.4, 0.5) is 0 Å². The molecule has 0 fully saturated rings. The van der Waals surface area contributed by atoms with Gasteiger partial charge in [0.25, 0.3) is 0 Å². The van der Waals surface area contributed by atoms with Crippen LogP contribution in [0.1, 0.15) is 23.1 Å². The summed E-state index contributed by atoms with van der Waals surface area (Å²) in [6.45, 7) is 4.41. The molecule has 1 aromatic carbocycles. The number of hydrogen-bond donors (Lipinski definition) is 1. The highest BCUT2D eigenvalue weighted by Crippen LogP contribution is 2.35. The van der Waals surface area contributed by atoms with Gasteiger partial charge >= 0.3 is 0 Å². The number of nitrogens with one attached hydrogen (secondary N) is 1. The molecule has 0 atom stereocenters. The SMILES string of the molecule is Cc1ccc2c(c1)C1=C(CCNC1)C2.Cl. The van der Waals surface area contributed by atoms with Crippen molar-refractivity contribution in [1.82, 2.24) is 5.32 Å². The Morgan fingerprint density at radius 2 is 2.13 bits per heavy atom. The molecule has 2 heteroatoms. The second kappa shape index (κ2) is 3.99. The first-order valence-electron chi connectivity index (χ1n) is 5.36. The highest BCUT2D eigenvalue weighted by atomic mass is 35.5. The molecule has 0 aromatic heterocycles. The molecule has 0 spiro atoms. The standard InChI is InChI=1S/C13H15N.ClH/c1-9-2-3-10-7-11-4-5-14-8-13(11)12(10)6-9;/h2-3,6,14H,4-5,7-8H2,1H3;1H. The quantitative estimate of drug-likeness (QED) is 0.711. The summed E-state index contributed by atoms with van der Waals surface area (Å²) in [4.78, 5) is 0. The topological polar surface area (TPSA) is 12.0 Å². The van der Waals surface area contributed by atoms with E-state index in [0.29, 0.717) is 0 Å². The molecule has 80 valence electrons. The van der Waals surface area contributed by atoms with Gasteiger partial charge in [0, 0.05) is 6.54 Å². The molecule has 1 N–H and O–H groups in total. The number of hydrogen-bond acceptors (Lipinski definition) is 1. The second-order valence-electron chi connectivity index (χ2n) is 4.35. The summed E-state index contributed by atoms with van der Waals surface area (Å²) < 4.78 is 0. The Morgan fingerprint density at radius 3 is 3.00 bits per heavy atom. The maximum Gasteiger partial charge on any atom is 0.0211 e. The minimum atomic E-state index is 0. The van der Waals surface area contributed by atoms with Crippen molar-refractivity contribution >= 4 is 18.0 Å². The van der Waals surface area contributed by atoms with Crippen LogP contribution in [0.2, 0.25) is 0 Å². The zero-order valence-corrected chi connectivity index (χ0v) is 9.79. The van der Waals surface area contributed by atoms with Crippen molar-refractivity contribution in [2.24, 2.45) is 0 Å². The average Bonchev–Trinajstić information content (AvgIpc) is 2.56. The normalized spacial score (nSPS) is 18.2. The highest BCUT2D eigenvalue weighted by Gasteiger charge is 2.22. The van der Waals surface area contributed by atoms with Crippen LogP contribution in [0.3, 0.4) is 0 Å². The van der Waals surface area contributed by atoms with Crippen LogP contribution < -0.4 is 5.32 Å². The van der Waals surface area contributed by atoms with E-state index in [1.165, 1.54) is 29.5 Å². The molecule has 1 nitrogen and oxygen atoms in total. The Morgan fingerprint density at radius 1 is 1.27 bits per heavy atom. The summed E-state index contributed by atoms with van der Waals surface area (Å²) >= 11 is 0. The number of halogens is 1. The Balaban J connectivity index is 0.000000853. The van der Waals surface area contributed by atoms with Crippen LogP contribution >= 0.6 is 12.4 Å². The molecule has 0 saturated carbocycles. The Bertz CT molecular complexity index is 421. The molecule has 1 aliphatic heterocycles. The van der Waals surface area contributed by atoms with Gasteiger partial charge in [0.15, 0.2) is 0 Å². The van der Waals surface area contributed by atoms with Crippen molar-refractivity contribution in [3.05, 3.63) is 40.5 Å². The number of aryl methyl sites for hydroxylation is 1. The molecule has 15 heavy (non-hydrogen) atoms. The van der Waals surface area contributed by atoms with E-state index in [4.69, 9.17) is 0 Å². The predicted octanol–water partition coefficient (Wildman–Crippen LogP) is 2.72. The Kier molecular flexibility index (Phi) is 2.85. The molecule has 1 heterocycles. The van der Waals surface area contributed by atoms with Gasteiger partial charge in [-0.25, -0.2) is 0 Å². The van der Waals surface area contributed by atoms with Crippen molar-refractivity contribution in [1.29, 1.82) is 0 Å². The zero-order chi connectivity index (χ0) is 9.54. The highest BCUT2D eigenvalue weighted by molar-refractivity contribution is 5.85. The van der Waals surface area contributed by atoms with E-state index in [1.807, 2.05) is 0 Å². The number of fused-ring (bicyclic) bond motifs is 2. The Hall–Kier alpha value is -0.790. The van der Waals surface area contributed by atoms with Crippen LogP contribution in [-0.4, -0.2) is 13.1 Å². The fourth-order valence-corrected chi connectivity index (χ4v) is 2.56.